The van der Waals surface area contributed by atoms with Crippen LogP contribution in [0.3, 0.4) is 0 Å². The van der Waals surface area contributed by atoms with E-state index in [0.29, 0.717) is 19.3 Å². The molecule has 6 heteroatoms. The molecule has 0 aliphatic carbocycles. The summed E-state index contributed by atoms with van der Waals surface area (Å²) in [5.41, 5.74) is 0. The third kappa shape index (κ3) is 30.6. The number of nitrogens with one attached hydrogen (secondary N) is 1. The zero-order valence-corrected chi connectivity index (χ0v) is 31.0. The van der Waals surface area contributed by atoms with E-state index in [1.165, 1.54) is 135 Å². The third-order valence-electron chi connectivity index (χ3n) is 9.39. The Hall–Kier alpha value is -1.21. The summed E-state index contributed by atoms with van der Waals surface area (Å²) >= 11 is 0. The molecule has 0 aromatic rings. The van der Waals surface area contributed by atoms with Gasteiger partial charge in [-0.05, 0) is 57.8 Å². The molecule has 4 atom stereocenters. The number of carbonyl (C=O) groups excluding carboxylic acids is 1. The summed E-state index contributed by atoms with van der Waals surface area (Å²) in [6.07, 6.45) is 39.6. The first-order valence-electron chi connectivity index (χ1n) is 20.2. The van der Waals surface area contributed by atoms with Gasteiger partial charge in [0.1, 0.15) is 12.2 Å². The lowest BCUT2D eigenvalue weighted by molar-refractivity contribution is -0.132. The highest BCUT2D eigenvalue weighted by atomic mass is 16.3. The van der Waals surface area contributed by atoms with Gasteiger partial charge < -0.3 is 25.7 Å². The van der Waals surface area contributed by atoms with Gasteiger partial charge >= 0.3 is 0 Å². The Bertz CT molecular complexity index is 712. The van der Waals surface area contributed by atoms with Gasteiger partial charge in [-0.15, -0.1) is 0 Å². The van der Waals surface area contributed by atoms with Gasteiger partial charge in [-0.25, -0.2) is 0 Å². The largest absolute Gasteiger partial charge is 0.394 e. The minimum atomic E-state index is -1.29. The normalized spacial score (nSPS) is 14.6. The van der Waals surface area contributed by atoms with E-state index in [9.17, 15) is 25.2 Å². The molecule has 0 bridgehead atoms. The van der Waals surface area contributed by atoms with Crippen molar-refractivity contribution < 1.29 is 25.2 Å². The third-order valence-corrected chi connectivity index (χ3v) is 9.39. The molecule has 0 saturated heterocycles. The molecule has 0 saturated carbocycles. The van der Waals surface area contributed by atoms with E-state index >= 15 is 0 Å². The molecule has 0 aliphatic rings. The summed E-state index contributed by atoms with van der Waals surface area (Å²) in [6.45, 7) is 3.96. The fourth-order valence-corrected chi connectivity index (χ4v) is 6.11. The lowest BCUT2D eigenvalue weighted by atomic mass is 10.00. The average molecular weight is 666 g/mol. The van der Waals surface area contributed by atoms with Crippen molar-refractivity contribution in [3.8, 4) is 0 Å². The summed E-state index contributed by atoms with van der Waals surface area (Å²) in [6, 6.07) is -1.01. The highest BCUT2D eigenvalue weighted by Crippen LogP contribution is 2.15. The monoisotopic (exact) mass is 666 g/mol. The molecule has 0 rings (SSSR count). The fraction of sp³-hybridized carbons (Fsp3) is 0.878. The van der Waals surface area contributed by atoms with Gasteiger partial charge in [0.15, 0.2) is 0 Å². The summed E-state index contributed by atoms with van der Waals surface area (Å²) in [7, 11) is 0. The van der Waals surface area contributed by atoms with Crippen molar-refractivity contribution in [3.05, 3.63) is 24.3 Å². The second kappa shape index (κ2) is 36.1. The van der Waals surface area contributed by atoms with Gasteiger partial charge in [0.05, 0.1) is 18.8 Å². The zero-order valence-electron chi connectivity index (χ0n) is 31.0. The maximum absolute atomic E-state index is 12.3. The standard InChI is InChI=1S/C41H79NO5/c1-3-5-7-9-11-13-14-15-16-17-18-19-20-21-22-23-24-25-26-27-29-30-32-34-38(44)40(46)37(36-43)42-41(47)39(45)35-33-31-28-12-10-8-6-4-2/h27-29,31,37-40,43-46H,3-26,30,32-36H2,1-2H3,(H,42,47)/b29-27+,31-28-. The van der Waals surface area contributed by atoms with E-state index in [1.807, 2.05) is 6.08 Å². The van der Waals surface area contributed by atoms with Crippen LogP contribution in [0.15, 0.2) is 24.3 Å². The van der Waals surface area contributed by atoms with E-state index in [1.54, 1.807) is 0 Å². The van der Waals surface area contributed by atoms with Crippen LogP contribution in [0.1, 0.15) is 200 Å². The fourth-order valence-electron chi connectivity index (χ4n) is 6.11. The Labute approximate surface area is 291 Å². The molecule has 0 fully saturated rings. The Morgan fingerprint density at radius 2 is 0.872 bits per heavy atom. The van der Waals surface area contributed by atoms with Crippen molar-refractivity contribution in [2.75, 3.05) is 6.61 Å². The van der Waals surface area contributed by atoms with Gasteiger partial charge in [-0.2, -0.15) is 0 Å². The van der Waals surface area contributed by atoms with Crippen LogP contribution in [0.25, 0.3) is 0 Å². The Morgan fingerprint density at radius 1 is 0.511 bits per heavy atom. The number of carbonyl (C=O) groups is 1. The van der Waals surface area contributed by atoms with E-state index in [4.69, 9.17) is 0 Å². The number of hydrogen-bond donors (Lipinski definition) is 5. The molecular formula is C41H79NO5. The summed E-state index contributed by atoms with van der Waals surface area (Å²) in [5.74, 6) is -0.630. The van der Waals surface area contributed by atoms with E-state index < -0.39 is 36.9 Å². The van der Waals surface area contributed by atoms with Crippen LogP contribution < -0.4 is 5.32 Å². The molecule has 0 spiro atoms. The van der Waals surface area contributed by atoms with Crippen molar-refractivity contribution in [1.29, 1.82) is 0 Å². The lowest BCUT2D eigenvalue weighted by Gasteiger charge is -2.27. The molecule has 5 N–H and O–H groups in total. The molecule has 1 amide bonds. The second-order valence-electron chi connectivity index (χ2n) is 14.0. The van der Waals surface area contributed by atoms with Crippen molar-refractivity contribution in [2.45, 2.75) is 224 Å². The number of unbranched alkanes of at least 4 members (excludes halogenated alkanes) is 23. The smallest absolute Gasteiger partial charge is 0.249 e. The summed E-state index contributed by atoms with van der Waals surface area (Å²) in [5, 5.41) is 43.3. The predicted molar refractivity (Wildman–Crippen MR) is 201 cm³/mol. The van der Waals surface area contributed by atoms with Crippen LogP contribution >= 0.6 is 0 Å². The van der Waals surface area contributed by atoms with Crippen molar-refractivity contribution in [1.82, 2.24) is 5.32 Å². The average Bonchev–Trinajstić information content (AvgIpc) is 3.08. The number of rotatable bonds is 36. The SMILES string of the molecule is CCCCCC/C=C\CCC(O)C(=O)NC(CO)C(O)C(O)CCC/C=C/CCCCCCCCCCCCCCCCCCCC. The maximum Gasteiger partial charge on any atom is 0.249 e. The molecule has 0 aromatic carbocycles. The van der Waals surface area contributed by atoms with Crippen molar-refractivity contribution >= 4 is 5.91 Å². The first-order valence-corrected chi connectivity index (χ1v) is 20.2. The molecule has 4 unspecified atom stereocenters. The molecule has 278 valence electrons. The Balaban J connectivity index is 3.72. The summed E-state index contributed by atoms with van der Waals surface area (Å²) < 4.78 is 0. The molecule has 0 aliphatic heterocycles. The van der Waals surface area contributed by atoms with E-state index in [2.05, 4.69) is 37.4 Å². The van der Waals surface area contributed by atoms with Crippen molar-refractivity contribution in [3.63, 3.8) is 0 Å². The van der Waals surface area contributed by atoms with Crippen LogP contribution in [0, 0.1) is 0 Å². The van der Waals surface area contributed by atoms with Gasteiger partial charge in [0.2, 0.25) is 5.91 Å². The second-order valence-corrected chi connectivity index (χ2v) is 14.0. The highest BCUT2D eigenvalue weighted by Gasteiger charge is 2.28. The number of aliphatic hydroxyl groups is 4. The first-order chi connectivity index (χ1) is 23.0. The minimum absolute atomic E-state index is 0.278. The first kappa shape index (κ1) is 45.8. The molecule has 0 heterocycles. The number of hydrogen-bond acceptors (Lipinski definition) is 5. The molecule has 47 heavy (non-hydrogen) atoms. The predicted octanol–water partition coefficient (Wildman–Crippen LogP) is 10.0. The topological polar surface area (TPSA) is 110 Å². The highest BCUT2D eigenvalue weighted by molar-refractivity contribution is 5.80. The van der Waals surface area contributed by atoms with Gasteiger partial charge in [-0.3, -0.25) is 4.79 Å². The number of allylic oxidation sites excluding steroid dienone is 4. The van der Waals surface area contributed by atoms with Crippen LogP contribution in [0.4, 0.5) is 0 Å². The van der Waals surface area contributed by atoms with Crippen LogP contribution in [0.2, 0.25) is 0 Å². The van der Waals surface area contributed by atoms with Crippen LogP contribution in [0.5, 0.6) is 0 Å². The Morgan fingerprint density at radius 3 is 1.30 bits per heavy atom. The zero-order chi connectivity index (χ0) is 34.6. The maximum atomic E-state index is 12.3. The van der Waals surface area contributed by atoms with Gasteiger partial charge in [0.25, 0.3) is 0 Å². The van der Waals surface area contributed by atoms with E-state index in [0.717, 1.165) is 25.7 Å². The number of aliphatic hydroxyl groups excluding tert-OH is 4. The molecule has 6 nitrogen and oxygen atoms in total. The molecule has 0 aromatic heterocycles. The number of amides is 1. The van der Waals surface area contributed by atoms with Crippen molar-refractivity contribution in [2.24, 2.45) is 0 Å². The minimum Gasteiger partial charge on any atom is -0.394 e. The van der Waals surface area contributed by atoms with Crippen LogP contribution in [-0.2, 0) is 4.79 Å². The van der Waals surface area contributed by atoms with E-state index in [-0.39, 0.29) is 6.42 Å². The molecular weight excluding hydrogens is 586 g/mol. The van der Waals surface area contributed by atoms with Crippen LogP contribution in [-0.4, -0.2) is 57.3 Å². The Kier molecular flexibility index (Phi) is 35.2. The van der Waals surface area contributed by atoms with Gasteiger partial charge in [0, 0.05) is 0 Å². The van der Waals surface area contributed by atoms with Gasteiger partial charge in [-0.1, -0.05) is 167 Å². The quantitative estimate of drug-likeness (QED) is 0.0338. The summed E-state index contributed by atoms with van der Waals surface area (Å²) in [4.78, 5) is 12.3. The lowest BCUT2D eigenvalue weighted by Crippen LogP contribution is -2.53. The molecule has 0 radical (unpaired) electrons.